The van der Waals surface area contributed by atoms with Gasteiger partial charge in [-0.25, -0.2) is 4.79 Å². The van der Waals surface area contributed by atoms with Crippen LogP contribution in [0.3, 0.4) is 0 Å². The molecule has 1 amide bonds. The molecule has 0 fully saturated rings. The number of nitro groups is 1. The maximum atomic E-state index is 13.2. The minimum absolute atomic E-state index is 0.232. The summed E-state index contributed by atoms with van der Waals surface area (Å²) < 4.78 is 13.2. The van der Waals surface area contributed by atoms with Gasteiger partial charge in [0.15, 0.2) is 0 Å². The summed E-state index contributed by atoms with van der Waals surface area (Å²) in [7, 11) is 0. The number of nitrogens with zero attached hydrogens (tertiary/aromatic N) is 2. The number of halogens is 1. The molecule has 0 radical (unpaired) electrons. The summed E-state index contributed by atoms with van der Waals surface area (Å²) in [4.78, 5) is 21.9. The first kappa shape index (κ1) is 13.0. The topological polar surface area (TPSA) is 83.7 Å². The summed E-state index contributed by atoms with van der Waals surface area (Å²) in [6, 6.07) is 3.69. The molecule has 100 valence electrons. The molecule has 0 aliphatic carbocycles. The monoisotopic (exact) mass is 266 g/mol. The summed E-state index contributed by atoms with van der Waals surface area (Å²) in [5, 5.41) is 19.5. The van der Waals surface area contributed by atoms with Gasteiger partial charge in [-0.3, -0.25) is 10.1 Å². The predicted molar refractivity (Wildman–Crippen MR) is 65.2 cm³/mol. The van der Waals surface area contributed by atoms with E-state index in [0.717, 1.165) is 11.6 Å². The van der Waals surface area contributed by atoms with E-state index in [1.807, 2.05) is 0 Å². The van der Waals surface area contributed by atoms with Crippen molar-refractivity contribution >= 4 is 17.4 Å². The van der Waals surface area contributed by atoms with Crippen LogP contribution in [0, 0.1) is 15.9 Å². The van der Waals surface area contributed by atoms with E-state index in [1.165, 1.54) is 17.0 Å². The Bertz CT molecular complexity index is 571. The maximum Gasteiger partial charge on any atom is 0.407 e. The lowest BCUT2D eigenvalue weighted by Gasteiger charge is -2.23. The van der Waals surface area contributed by atoms with E-state index < -0.39 is 22.5 Å². The number of nitro benzene ring substituents is 1. The number of carbonyl (C=O) groups is 1. The van der Waals surface area contributed by atoms with Gasteiger partial charge in [0.1, 0.15) is 0 Å². The molecule has 6 nitrogen and oxygen atoms in total. The van der Waals surface area contributed by atoms with Crippen LogP contribution in [0.15, 0.2) is 24.3 Å². The van der Waals surface area contributed by atoms with Crippen molar-refractivity contribution in [3.8, 4) is 0 Å². The smallest absolute Gasteiger partial charge is 0.407 e. The van der Waals surface area contributed by atoms with Crippen molar-refractivity contribution in [3.05, 3.63) is 45.8 Å². The van der Waals surface area contributed by atoms with Crippen LogP contribution in [0.5, 0.6) is 0 Å². The van der Waals surface area contributed by atoms with Gasteiger partial charge >= 0.3 is 11.8 Å². The van der Waals surface area contributed by atoms with Gasteiger partial charge in [0.2, 0.25) is 5.82 Å². The first-order valence-electron chi connectivity index (χ1n) is 5.60. The number of benzene rings is 1. The largest absolute Gasteiger partial charge is 0.465 e. The molecule has 1 aromatic carbocycles. The summed E-state index contributed by atoms with van der Waals surface area (Å²) in [5.74, 6) is -0.877. The molecule has 1 N–H and O–H groups in total. The zero-order valence-corrected chi connectivity index (χ0v) is 9.88. The lowest BCUT2D eigenvalue weighted by atomic mass is 9.99. The number of carboxylic acid groups (broad SMARTS) is 1. The highest BCUT2D eigenvalue weighted by Gasteiger charge is 2.20. The van der Waals surface area contributed by atoms with Gasteiger partial charge in [0, 0.05) is 19.2 Å². The second-order valence-corrected chi connectivity index (χ2v) is 4.13. The van der Waals surface area contributed by atoms with Crippen molar-refractivity contribution in [2.24, 2.45) is 0 Å². The zero-order chi connectivity index (χ0) is 14.0. The second-order valence-electron chi connectivity index (χ2n) is 4.13. The third-order valence-corrected chi connectivity index (χ3v) is 2.99. The van der Waals surface area contributed by atoms with Crippen LogP contribution in [0.2, 0.25) is 0 Å². The Morgan fingerprint density at radius 3 is 2.74 bits per heavy atom. The molecule has 19 heavy (non-hydrogen) atoms. The van der Waals surface area contributed by atoms with E-state index >= 15 is 0 Å². The molecular weight excluding hydrogens is 255 g/mol. The number of rotatable bonds is 2. The van der Waals surface area contributed by atoms with E-state index in [0.29, 0.717) is 18.5 Å². The Hall–Kier alpha value is -2.44. The number of hydrogen-bond acceptors (Lipinski definition) is 3. The van der Waals surface area contributed by atoms with Gasteiger partial charge in [-0.1, -0.05) is 12.1 Å². The highest BCUT2D eigenvalue weighted by molar-refractivity contribution is 5.72. The first-order valence-corrected chi connectivity index (χ1v) is 5.60. The quantitative estimate of drug-likeness (QED) is 0.658. The molecule has 1 heterocycles. The molecule has 1 aliphatic rings. The van der Waals surface area contributed by atoms with Crippen molar-refractivity contribution in [2.45, 2.75) is 6.42 Å². The number of hydrogen-bond donors (Lipinski definition) is 1. The van der Waals surface area contributed by atoms with Crippen LogP contribution in [-0.4, -0.2) is 34.1 Å². The first-order chi connectivity index (χ1) is 8.99. The molecule has 0 aromatic heterocycles. The van der Waals surface area contributed by atoms with Crippen LogP contribution in [0.4, 0.5) is 14.9 Å². The third kappa shape index (κ3) is 2.70. The Balaban J connectivity index is 2.26. The second kappa shape index (κ2) is 5.05. The zero-order valence-electron chi connectivity index (χ0n) is 9.88. The Morgan fingerprint density at radius 1 is 1.47 bits per heavy atom. The van der Waals surface area contributed by atoms with Crippen LogP contribution in [0.25, 0.3) is 5.57 Å². The van der Waals surface area contributed by atoms with Gasteiger partial charge in [0.05, 0.1) is 4.92 Å². The van der Waals surface area contributed by atoms with E-state index in [2.05, 4.69) is 0 Å². The van der Waals surface area contributed by atoms with Gasteiger partial charge < -0.3 is 10.0 Å². The summed E-state index contributed by atoms with van der Waals surface area (Å²) in [6.45, 7) is 0.558. The fourth-order valence-electron chi connectivity index (χ4n) is 1.96. The van der Waals surface area contributed by atoms with E-state index in [9.17, 15) is 19.3 Å². The Kier molecular flexibility index (Phi) is 3.46. The number of amides is 1. The molecule has 1 aliphatic heterocycles. The molecule has 0 saturated carbocycles. The van der Waals surface area contributed by atoms with Gasteiger partial charge in [0.25, 0.3) is 0 Å². The fraction of sp³-hybridized carbons (Fsp3) is 0.250. The molecular formula is C12H11FN2O4. The Morgan fingerprint density at radius 2 is 2.21 bits per heavy atom. The summed E-state index contributed by atoms with van der Waals surface area (Å²) in [6.07, 6.45) is 1.14. The van der Waals surface area contributed by atoms with E-state index in [1.54, 1.807) is 6.08 Å². The third-order valence-electron chi connectivity index (χ3n) is 2.99. The minimum Gasteiger partial charge on any atom is -0.465 e. The van der Waals surface area contributed by atoms with Crippen LogP contribution < -0.4 is 0 Å². The summed E-state index contributed by atoms with van der Waals surface area (Å²) >= 11 is 0. The summed E-state index contributed by atoms with van der Waals surface area (Å²) in [5.41, 5.74) is 0.776. The van der Waals surface area contributed by atoms with Crippen molar-refractivity contribution in [2.75, 3.05) is 13.1 Å². The van der Waals surface area contributed by atoms with Crippen molar-refractivity contribution < 1.29 is 19.2 Å². The molecule has 1 aromatic rings. The average Bonchev–Trinajstić information content (AvgIpc) is 2.39. The standard InChI is InChI=1S/C12H11FN2O4/c13-10-2-1-9(7-11(10)15(18)19)8-3-5-14(6-4-8)12(16)17/h1-3,7H,4-6H2,(H,16,17). The van der Waals surface area contributed by atoms with Crippen LogP contribution >= 0.6 is 0 Å². The molecule has 0 spiro atoms. The van der Waals surface area contributed by atoms with Crippen molar-refractivity contribution in [3.63, 3.8) is 0 Å². The van der Waals surface area contributed by atoms with Gasteiger partial charge in [-0.2, -0.15) is 4.39 Å². The van der Waals surface area contributed by atoms with Crippen molar-refractivity contribution in [1.29, 1.82) is 0 Å². The Labute approximate surface area is 107 Å². The molecule has 7 heteroatoms. The van der Waals surface area contributed by atoms with Gasteiger partial charge in [-0.05, 0) is 23.6 Å². The maximum absolute atomic E-state index is 13.2. The van der Waals surface area contributed by atoms with E-state index in [4.69, 9.17) is 5.11 Å². The molecule has 0 saturated heterocycles. The average molecular weight is 266 g/mol. The van der Waals surface area contributed by atoms with E-state index in [-0.39, 0.29) is 6.54 Å². The highest BCUT2D eigenvalue weighted by atomic mass is 19.1. The molecule has 0 atom stereocenters. The lowest BCUT2D eigenvalue weighted by Crippen LogP contribution is -2.33. The lowest BCUT2D eigenvalue weighted by molar-refractivity contribution is -0.387. The molecule has 0 bridgehead atoms. The molecule has 0 unspecified atom stereocenters. The van der Waals surface area contributed by atoms with Crippen LogP contribution in [-0.2, 0) is 0 Å². The minimum atomic E-state index is -1.000. The molecule has 2 rings (SSSR count). The SMILES string of the molecule is O=C(O)N1CC=C(c2ccc(F)c([N+](=O)[O-])c2)CC1. The highest BCUT2D eigenvalue weighted by Crippen LogP contribution is 2.27. The normalized spacial score (nSPS) is 15.0. The predicted octanol–water partition coefficient (Wildman–Crippen LogP) is 2.50. The van der Waals surface area contributed by atoms with Crippen LogP contribution in [0.1, 0.15) is 12.0 Å². The van der Waals surface area contributed by atoms with Gasteiger partial charge in [-0.15, -0.1) is 0 Å². The fourth-order valence-corrected chi connectivity index (χ4v) is 1.96. The van der Waals surface area contributed by atoms with Crippen molar-refractivity contribution in [1.82, 2.24) is 4.90 Å².